The van der Waals surface area contributed by atoms with Crippen LogP contribution in [0.25, 0.3) is 11.5 Å². The number of hydrogen-bond donors (Lipinski definition) is 0. The van der Waals surface area contributed by atoms with Gasteiger partial charge in [-0.25, -0.2) is 4.79 Å². The zero-order chi connectivity index (χ0) is 12.3. The van der Waals surface area contributed by atoms with Gasteiger partial charge < -0.3 is 4.42 Å². The smallest absolute Gasteiger partial charge is 0.388 e. The maximum Gasteiger partial charge on any atom is 0.438 e. The van der Waals surface area contributed by atoms with Crippen LogP contribution < -0.4 is 5.76 Å². The van der Waals surface area contributed by atoms with Gasteiger partial charge in [-0.1, -0.05) is 23.6 Å². The highest BCUT2D eigenvalue weighted by Crippen LogP contribution is 2.19. The van der Waals surface area contributed by atoms with Gasteiger partial charge in [0.1, 0.15) is 6.54 Å². The number of rotatable bonds is 2. The van der Waals surface area contributed by atoms with Crippen molar-refractivity contribution >= 4 is 34.2 Å². The lowest BCUT2D eigenvalue weighted by Crippen LogP contribution is -2.14. The van der Waals surface area contributed by atoms with E-state index in [-0.39, 0.29) is 12.4 Å². The molecule has 0 bridgehead atoms. The number of halogens is 2. The molecule has 2 rings (SSSR count). The van der Waals surface area contributed by atoms with Gasteiger partial charge in [-0.15, -0.1) is 5.10 Å². The first-order valence-electron chi connectivity index (χ1n) is 4.63. The predicted molar refractivity (Wildman–Crippen MR) is 73.0 cm³/mol. The van der Waals surface area contributed by atoms with E-state index in [4.69, 9.17) is 16.0 Å². The lowest BCUT2D eigenvalue weighted by molar-refractivity contribution is 0.499. The summed E-state index contributed by atoms with van der Waals surface area (Å²) in [7, 11) is 0. The van der Waals surface area contributed by atoms with E-state index >= 15 is 0 Å². The lowest BCUT2D eigenvalue weighted by atomic mass is 10.2. The molecule has 0 aliphatic rings. The fraction of sp³-hybridized carbons (Fsp3) is 0.0909. The second-order valence-corrected chi connectivity index (χ2v) is 4.09. The summed E-state index contributed by atoms with van der Waals surface area (Å²) < 4.78 is 8.85. The van der Waals surface area contributed by atoms with Crippen molar-refractivity contribution in [3.8, 4) is 21.3 Å². The molecule has 0 aliphatic carbocycles. The minimum Gasteiger partial charge on any atom is -0.388 e. The molecule has 0 saturated carbocycles. The number of nitrogens with zero attached hydrogens (tertiary/aromatic N) is 2. The van der Waals surface area contributed by atoms with Gasteiger partial charge in [0.25, 0.3) is 0 Å². The van der Waals surface area contributed by atoms with Crippen molar-refractivity contribution in [2.45, 2.75) is 6.54 Å². The second kappa shape index (κ2) is 5.38. The van der Waals surface area contributed by atoms with E-state index in [2.05, 4.69) is 14.9 Å². The van der Waals surface area contributed by atoms with E-state index in [0.717, 1.165) is 0 Å². The summed E-state index contributed by atoms with van der Waals surface area (Å²) in [5.74, 6) is 2.45. The summed E-state index contributed by atoms with van der Waals surface area (Å²) in [6.45, 7) is 0.214. The Morgan fingerprint density at radius 1 is 1.53 bits per heavy atom. The monoisotopic (exact) mass is 360 g/mol. The number of benzene rings is 1. The Morgan fingerprint density at radius 3 is 3.06 bits per heavy atom. The lowest BCUT2D eigenvalue weighted by Gasteiger charge is -1.94. The molecule has 0 fully saturated rings. The van der Waals surface area contributed by atoms with Crippen LogP contribution >= 0.6 is 34.2 Å². The maximum atomic E-state index is 11.4. The summed E-state index contributed by atoms with van der Waals surface area (Å²) in [5.41, 5.74) is 0.663. The molecule has 1 aromatic heterocycles. The van der Waals surface area contributed by atoms with Crippen molar-refractivity contribution in [3.63, 3.8) is 0 Å². The Balaban J connectivity index is 2.40. The van der Waals surface area contributed by atoms with Crippen molar-refractivity contribution in [2.24, 2.45) is 0 Å². The van der Waals surface area contributed by atoms with Crippen LogP contribution in [0.5, 0.6) is 0 Å². The molecule has 4 nitrogen and oxygen atoms in total. The molecule has 1 aromatic carbocycles. The van der Waals surface area contributed by atoms with Crippen LogP contribution in [0.15, 0.2) is 33.5 Å². The van der Waals surface area contributed by atoms with Crippen molar-refractivity contribution in [1.29, 1.82) is 0 Å². The van der Waals surface area contributed by atoms with Gasteiger partial charge >= 0.3 is 5.76 Å². The van der Waals surface area contributed by atoms with Crippen LogP contribution in [0.2, 0.25) is 5.02 Å². The SMILES string of the molecule is O=c1oc(-c2cccc(Cl)c2)nn1CC#CI. The summed E-state index contributed by atoms with van der Waals surface area (Å²) >= 11 is 7.74. The summed E-state index contributed by atoms with van der Waals surface area (Å²) in [5, 5.41) is 4.59. The Morgan fingerprint density at radius 2 is 2.35 bits per heavy atom. The third kappa shape index (κ3) is 2.90. The van der Waals surface area contributed by atoms with Gasteiger partial charge in [0, 0.05) is 33.2 Å². The van der Waals surface area contributed by atoms with Crippen LogP contribution in [-0.2, 0) is 6.54 Å². The van der Waals surface area contributed by atoms with Crippen molar-refractivity contribution in [2.75, 3.05) is 0 Å². The van der Waals surface area contributed by atoms with Gasteiger partial charge in [-0.05, 0) is 22.1 Å². The fourth-order valence-electron chi connectivity index (χ4n) is 1.25. The Bertz CT molecular complexity index is 651. The van der Waals surface area contributed by atoms with Gasteiger partial charge in [0.2, 0.25) is 5.89 Å². The van der Waals surface area contributed by atoms with Gasteiger partial charge in [-0.2, -0.15) is 4.68 Å². The highest BCUT2D eigenvalue weighted by atomic mass is 127. The summed E-state index contributed by atoms with van der Waals surface area (Å²) in [6.07, 6.45) is 0. The topological polar surface area (TPSA) is 48.0 Å². The van der Waals surface area contributed by atoms with Crippen LogP contribution in [0.3, 0.4) is 0 Å². The molecule has 17 heavy (non-hydrogen) atoms. The average molecular weight is 361 g/mol. The number of aromatic nitrogens is 2. The van der Waals surface area contributed by atoms with Crippen molar-refractivity contribution in [3.05, 3.63) is 39.8 Å². The zero-order valence-electron chi connectivity index (χ0n) is 8.48. The molecule has 6 heteroatoms. The molecule has 0 spiro atoms. The third-order valence-electron chi connectivity index (χ3n) is 1.97. The second-order valence-electron chi connectivity index (χ2n) is 3.11. The first-order valence-corrected chi connectivity index (χ1v) is 6.09. The van der Waals surface area contributed by atoms with E-state index < -0.39 is 5.76 Å². The van der Waals surface area contributed by atoms with E-state index in [1.807, 2.05) is 22.6 Å². The van der Waals surface area contributed by atoms with E-state index in [1.54, 1.807) is 24.3 Å². The number of hydrogen-bond acceptors (Lipinski definition) is 3. The van der Waals surface area contributed by atoms with E-state index in [0.29, 0.717) is 10.6 Å². The Labute approximate surface area is 116 Å². The first kappa shape index (κ1) is 12.2. The van der Waals surface area contributed by atoms with Crippen LogP contribution in [0.4, 0.5) is 0 Å². The minimum atomic E-state index is -0.529. The molecule has 0 saturated heterocycles. The molecule has 1 heterocycles. The molecular weight excluding hydrogens is 354 g/mol. The standard InChI is InChI=1S/C11H6ClIN2O2/c12-9-4-1-3-8(7-9)10-14-15(6-2-5-13)11(16)17-10/h1,3-4,7H,6H2. The highest BCUT2D eigenvalue weighted by Gasteiger charge is 2.09. The first-order chi connectivity index (χ1) is 8.20. The summed E-state index contributed by atoms with van der Waals surface area (Å²) in [4.78, 5) is 11.4. The molecular formula is C11H6ClIN2O2. The molecule has 0 amide bonds. The third-order valence-corrected chi connectivity index (χ3v) is 2.59. The molecule has 0 N–H and O–H groups in total. The fourth-order valence-corrected chi connectivity index (χ4v) is 1.61. The van der Waals surface area contributed by atoms with Crippen LogP contribution in [0, 0.1) is 9.85 Å². The largest absolute Gasteiger partial charge is 0.438 e. The summed E-state index contributed by atoms with van der Waals surface area (Å²) in [6, 6.07) is 6.95. The normalized spacial score (nSPS) is 9.76. The van der Waals surface area contributed by atoms with Crippen LogP contribution in [-0.4, -0.2) is 9.78 Å². The van der Waals surface area contributed by atoms with Crippen molar-refractivity contribution < 1.29 is 4.42 Å². The van der Waals surface area contributed by atoms with E-state index in [9.17, 15) is 4.79 Å². The highest BCUT2D eigenvalue weighted by molar-refractivity contribution is 14.1. The van der Waals surface area contributed by atoms with E-state index in [1.165, 1.54) is 4.68 Å². The Hall–Kier alpha value is -1.26. The Kier molecular flexibility index (Phi) is 3.86. The predicted octanol–water partition coefficient (Wildman–Crippen LogP) is 2.55. The maximum absolute atomic E-state index is 11.4. The van der Waals surface area contributed by atoms with Crippen molar-refractivity contribution in [1.82, 2.24) is 9.78 Å². The van der Waals surface area contributed by atoms with Gasteiger partial charge in [0.15, 0.2) is 0 Å². The molecule has 0 atom stereocenters. The minimum absolute atomic E-state index is 0.214. The van der Waals surface area contributed by atoms with Gasteiger partial charge in [0.05, 0.1) is 0 Å². The average Bonchev–Trinajstić information content (AvgIpc) is 2.68. The molecule has 86 valence electrons. The molecule has 0 radical (unpaired) electrons. The van der Waals surface area contributed by atoms with Gasteiger partial charge in [-0.3, -0.25) is 0 Å². The zero-order valence-corrected chi connectivity index (χ0v) is 11.4. The molecule has 2 aromatic rings. The van der Waals surface area contributed by atoms with Crippen LogP contribution in [0.1, 0.15) is 0 Å². The molecule has 0 aliphatic heterocycles. The molecule has 0 unspecified atom stereocenters. The quantitative estimate of drug-likeness (QED) is 0.611.